The Labute approximate surface area is 74.3 Å². The third-order valence-corrected chi connectivity index (χ3v) is 1.56. The molecule has 1 unspecified atom stereocenters. The molecule has 0 amide bonds. The third kappa shape index (κ3) is 5.13. The number of hydrogen-bond acceptors (Lipinski definition) is 3. The summed E-state index contributed by atoms with van der Waals surface area (Å²) in [6, 6.07) is -0.487. The van der Waals surface area contributed by atoms with Crippen molar-refractivity contribution in [3.05, 3.63) is 6.92 Å². The van der Waals surface area contributed by atoms with Gasteiger partial charge in [0.1, 0.15) is 6.04 Å². The van der Waals surface area contributed by atoms with Gasteiger partial charge in [0.15, 0.2) is 0 Å². The number of esters is 1. The molecular weight excluding hydrogens is 154 g/mol. The van der Waals surface area contributed by atoms with Crippen LogP contribution in [0.3, 0.4) is 0 Å². The summed E-state index contributed by atoms with van der Waals surface area (Å²) in [5.74, 6) is -0.299. The number of rotatable bonds is 6. The second-order valence-corrected chi connectivity index (χ2v) is 2.77. The van der Waals surface area contributed by atoms with Crippen LogP contribution in [0.1, 0.15) is 32.6 Å². The lowest BCUT2D eigenvalue weighted by atomic mass is 10.2. The van der Waals surface area contributed by atoms with Gasteiger partial charge in [-0.25, -0.2) is 0 Å². The molecule has 0 aromatic rings. The fourth-order valence-electron chi connectivity index (χ4n) is 0.762. The van der Waals surface area contributed by atoms with Crippen molar-refractivity contribution in [1.29, 1.82) is 0 Å². The summed E-state index contributed by atoms with van der Waals surface area (Å²) in [4.78, 5) is 11.0. The van der Waals surface area contributed by atoms with Crippen molar-refractivity contribution in [1.82, 2.24) is 0 Å². The minimum Gasteiger partial charge on any atom is -0.465 e. The van der Waals surface area contributed by atoms with E-state index in [1.54, 1.807) is 0 Å². The Hall–Kier alpha value is -0.570. The average molecular weight is 172 g/mol. The van der Waals surface area contributed by atoms with E-state index < -0.39 is 6.04 Å². The fraction of sp³-hybridized carbons (Fsp3) is 0.778. The molecule has 1 radical (unpaired) electrons. The maximum absolute atomic E-state index is 11.0. The first kappa shape index (κ1) is 11.4. The molecule has 0 fully saturated rings. The van der Waals surface area contributed by atoms with E-state index in [0.29, 0.717) is 19.4 Å². The molecule has 0 spiro atoms. The van der Waals surface area contributed by atoms with Gasteiger partial charge in [0.05, 0.1) is 6.61 Å². The first-order chi connectivity index (χ1) is 5.72. The van der Waals surface area contributed by atoms with E-state index in [1.165, 1.54) is 0 Å². The van der Waals surface area contributed by atoms with Crippen molar-refractivity contribution in [2.45, 2.75) is 38.6 Å². The molecule has 0 aromatic heterocycles. The minimum absolute atomic E-state index is 0.299. The van der Waals surface area contributed by atoms with Crippen molar-refractivity contribution >= 4 is 5.97 Å². The van der Waals surface area contributed by atoms with E-state index in [4.69, 9.17) is 10.5 Å². The van der Waals surface area contributed by atoms with Crippen LogP contribution < -0.4 is 5.73 Å². The van der Waals surface area contributed by atoms with Gasteiger partial charge in [0.25, 0.3) is 0 Å². The van der Waals surface area contributed by atoms with Gasteiger partial charge in [0.2, 0.25) is 0 Å². The van der Waals surface area contributed by atoms with Crippen molar-refractivity contribution in [2.24, 2.45) is 5.73 Å². The Kier molecular flexibility index (Phi) is 6.76. The van der Waals surface area contributed by atoms with Crippen LogP contribution in [0.2, 0.25) is 0 Å². The van der Waals surface area contributed by atoms with E-state index in [2.05, 4.69) is 6.92 Å². The van der Waals surface area contributed by atoms with Crippen LogP contribution in [0, 0.1) is 6.92 Å². The lowest BCUT2D eigenvalue weighted by Gasteiger charge is -2.09. The Morgan fingerprint density at radius 1 is 1.67 bits per heavy atom. The summed E-state index contributed by atoms with van der Waals surface area (Å²) < 4.78 is 4.91. The van der Waals surface area contributed by atoms with Crippen LogP contribution in [-0.2, 0) is 9.53 Å². The number of hydrogen-bond donors (Lipinski definition) is 1. The van der Waals surface area contributed by atoms with Crippen LogP contribution in [0.5, 0.6) is 0 Å². The predicted molar refractivity (Wildman–Crippen MR) is 48.4 cm³/mol. The molecule has 3 heteroatoms. The molecule has 0 aliphatic heterocycles. The number of unbranched alkanes of at least 4 members (excludes halogenated alkanes) is 1. The molecular formula is C9H18NO2. The van der Waals surface area contributed by atoms with Crippen LogP contribution >= 0.6 is 0 Å². The smallest absolute Gasteiger partial charge is 0.322 e. The van der Waals surface area contributed by atoms with Crippen molar-refractivity contribution in [3.8, 4) is 0 Å². The largest absolute Gasteiger partial charge is 0.465 e. The number of carbonyl (C=O) groups excluding carboxylic acids is 1. The molecule has 2 N–H and O–H groups in total. The normalized spacial score (nSPS) is 12.6. The number of carbonyl (C=O) groups is 1. The standard InChI is InChI=1S/C9H18NO2/c1-3-5-7-12-9(11)8(10)6-4-2/h8H,2-7,10H2,1H3. The summed E-state index contributed by atoms with van der Waals surface area (Å²) >= 11 is 0. The van der Waals surface area contributed by atoms with Crippen LogP contribution in [0.4, 0.5) is 0 Å². The monoisotopic (exact) mass is 172 g/mol. The molecule has 0 aliphatic carbocycles. The summed E-state index contributed by atoms with van der Waals surface area (Å²) in [5, 5.41) is 0. The van der Waals surface area contributed by atoms with Gasteiger partial charge in [-0.1, -0.05) is 26.7 Å². The molecule has 0 heterocycles. The quantitative estimate of drug-likeness (QED) is 0.485. The van der Waals surface area contributed by atoms with Gasteiger partial charge in [0, 0.05) is 0 Å². The summed E-state index contributed by atoms with van der Waals surface area (Å²) in [7, 11) is 0. The van der Waals surface area contributed by atoms with Crippen LogP contribution in [0.25, 0.3) is 0 Å². The van der Waals surface area contributed by atoms with Crippen molar-refractivity contribution in [2.75, 3.05) is 6.61 Å². The lowest BCUT2D eigenvalue weighted by molar-refractivity contribution is -0.145. The second-order valence-electron chi connectivity index (χ2n) is 2.77. The predicted octanol–water partition coefficient (Wildman–Crippen LogP) is 1.27. The zero-order valence-electron chi connectivity index (χ0n) is 7.71. The molecule has 0 aromatic carbocycles. The average Bonchev–Trinajstić information content (AvgIpc) is 2.05. The van der Waals surface area contributed by atoms with Crippen molar-refractivity contribution < 1.29 is 9.53 Å². The van der Waals surface area contributed by atoms with E-state index >= 15 is 0 Å². The van der Waals surface area contributed by atoms with E-state index in [1.807, 2.05) is 6.92 Å². The Morgan fingerprint density at radius 2 is 2.33 bits per heavy atom. The van der Waals surface area contributed by atoms with Crippen LogP contribution in [0.15, 0.2) is 0 Å². The topological polar surface area (TPSA) is 52.3 Å². The Bertz CT molecular complexity index is 126. The van der Waals surface area contributed by atoms with Gasteiger partial charge in [-0.15, -0.1) is 0 Å². The summed E-state index contributed by atoms with van der Waals surface area (Å²) in [6.07, 6.45) is 3.20. The molecule has 1 atom stereocenters. The van der Waals surface area contributed by atoms with Gasteiger partial charge in [-0.2, -0.15) is 0 Å². The summed E-state index contributed by atoms with van der Waals surface area (Å²) in [5.41, 5.74) is 5.50. The molecule has 0 rings (SSSR count). The molecule has 0 aliphatic rings. The Morgan fingerprint density at radius 3 is 2.83 bits per heavy atom. The maximum atomic E-state index is 11.0. The second kappa shape index (κ2) is 7.10. The van der Waals surface area contributed by atoms with Gasteiger partial charge in [-0.05, 0) is 12.8 Å². The zero-order valence-corrected chi connectivity index (χ0v) is 7.71. The highest BCUT2D eigenvalue weighted by Gasteiger charge is 2.12. The molecule has 0 saturated carbocycles. The van der Waals surface area contributed by atoms with E-state index in [0.717, 1.165) is 12.8 Å². The third-order valence-electron chi connectivity index (χ3n) is 1.56. The Balaban J connectivity index is 3.43. The first-order valence-electron chi connectivity index (χ1n) is 4.43. The van der Waals surface area contributed by atoms with Crippen LogP contribution in [-0.4, -0.2) is 18.6 Å². The van der Waals surface area contributed by atoms with Crippen molar-refractivity contribution in [3.63, 3.8) is 0 Å². The molecule has 0 bridgehead atoms. The molecule has 0 saturated heterocycles. The van der Waals surface area contributed by atoms with Gasteiger partial charge < -0.3 is 10.5 Å². The molecule has 12 heavy (non-hydrogen) atoms. The SMILES string of the molecule is [CH2]CCC(N)C(=O)OCCCC. The minimum atomic E-state index is -0.487. The number of ether oxygens (including phenoxy) is 1. The zero-order chi connectivity index (χ0) is 9.40. The molecule has 3 nitrogen and oxygen atoms in total. The first-order valence-corrected chi connectivity index (χ1v) is 4.43. The van der Waals surface area contributed by atoms with E-state index in [-0.39, 0.29) is 5.97 Å². The maximum Gasteiger partial charge on any atom is 0.322 e. The number of nitrogens with two attached hydrogens (primary N) is 1. The molecule has 71 valence electrons. The van der Waals surface area contributed by atoms with Gasteiger partial charge in [-0.3, -0.25) is 4.79 Å². The highest BCUT2D eigenvalue weighted by Crippen LogP contribution is 1.97. The highest BCUT2D eigenvalue weighted by atomic mass is 16.5. The van der Waals surface area contributed by atoms with E-state index in [9.17, 15) is 4.79 Å². The van der Waals surface area contributed by atoms with Gasteiger partial charge >= 0.3 is 5.97 Å². The summed E-state index contributed by atoms with van der Waals surface area (Å²) in [6.45, 7) is 6.15. The lowest BCUT2D eigenvalue weighted by Crippen LogP contribution is -2.32. The fourth-order valence-corrected chi connectivity index (χ4v) is 0.762. The highest BCUT2D eigenvalue weighted by molar-refractivity contribution is 5.75.